The molecule has 1 saturated carbocycles. The first kappa shape index (κ1) is 15.8. The summed E-state index contributed by atoms with van der Waals surface area (Å²) >= 11 is 1.88. The molecule has 1 heterocycles. The Kier molecular flexibility index (Phi) is 5.08. The van der Waals surface area contributed by atoms with Crippen LogP contribution in [-0.2, 0) is 12.0 Å². The van der Waals surface area contributed by atoms with E-state index in [4.69, 9.17) is 4.98 Å². The lowest BCUT2D eigenvalue weighted by Gasteiger charge is -2.21. The monoisotopic (exact) mass is 295 g/mol. The highest BCUT2D eigenvalue weighted by Gasteiger charge is 2.28. The third-order valence-corrected chi connectivity index (χ3v) is 4.79. The number of nitrogens with zero attached hydrogens (tertiary/aromatic N) is 2. The van der Waals surface area contributed by atoms with Crippen LogP contribution in [0, 0.1) is 5.92 Å². The van der Waals surface area contributed by atoms with E-state index in [9.17, 15) is 0 Å². The highest BCUT2D eigenvalue weighted by atomic mass is 32.1. The number of nitrogens with one attached hydrogen (secondary N) is 1. The Hall–Kier alpha value is -0.610. The highest BCUT2D eigenvalue weighted by Crippen LogP contribution is 2.36. The van der Waals surface area contributed by atoms with Crippen LogP contribution in [-0.4, -0.2) is 25.1 Å². The predicted octanol–water partition coefficient (Wildman–Crippen LogP) is 3.79. The van der Waals surface area contributed by atoms with Gasteiger partial charge < -0.3 is 10.2 Å². The summed E-state index contributed by atoms with van der Waals surface area (Å²) in [6.45, 7) is 12.3. The fourth-order valence-electron chi connectivity index (χ4n) is 2.49. The molecule has 0 atom stereocenters. The third kappa shape index (κ3) is 3.95. The molecule has 0 amide bonds. The Morgan fingerprint density at radius 2 is 2.05 bits per heavy atom. The van der Waals surface area contributed by atoms with E-state index in [1.54, 1.807) is 0 Å². The van der Waals surface area contributed by atoms with E-state index in [2.05, 4.69) is 37.9 Å². The van der Waals surface area contributed by atoms with Gasteiger partial charge in [0.25, 0.3) is 0 Å². The van der Waals surface area contributed by atoms with E-state index in [1.165, 1.54) is 41.5 Å². The van der Waals surface area contributed by atoms with Crippen molar-refractivity contribution in [3.63, 3.8) is 0 Å². The molecule has 4 heteroatoms. The van der Waals surface area contributed by atoms with Crippen molar-refractivity contribution >= 4 is 16.5 Å². The summed E-state index contributed by atoms with van der Waals surface area (Å²) in [7, 11) is 2.01. The largest absolute Gasteiger partial charge is 0.348 e. The quantitative estimate of drug-likeness (QED) is 0.829. The molecule has 1 fully saturated rings. The van der Waals surface area contributed by atoms with Crippen LogP contribution in [0.4, 0.5) is 5.13 Å². The van der Waals surface area contributed by atoms with Gasteiger partial charge in [-0.05, 0) is 32.2 Å². The average Bonchev–Trinajstić information content (AvgIpc) is 3.06. The summed E-state index contributed by atoms with van der Waals surface area (Å²) in [6, 6.07) is 0. The van der Waals surface area contributed by atoms with Gasteiger partial charge in [-0.3, -0.25) is 0 Å². The van der Waals surface area contributed by atoms with Crippen LogP contribution >= 0.6 is 11.3 Å². The summed E-state index contributed by atoms with van der Waals surface area (Å²) in [5.74, 6) is 0.913. The Balaban J connectivity index is 2.24. The maximum Gasteiger partial charge on any atom is 0.185 e. The van der Waals surface area contributed by atoms with Crippen LogP contribution in [0.5, 0.6) is 0 Å². The standard InChI is InChI=1S/C16H29N3S/c1-6-9-19(11-12-7-8-12)15-18-14(16(2,3)4)13(20-15)10-17-5/h12,17H,6-11H2,1-5H3. The lowest BCUT2D eigenvalue weighted by atomic mass is 9.91. The average molecular weight is 295 g/mol. The number of rotatable bonds is 7. The first-order valence-corrected chi connectivity index (χ1v) is 8.67. The van der Waals surface area contributed by atoms with E-state index in [0.717, 1.165) is 19.0 Å². The van der Waals surface area contributed by atoms with Gasteiger partial charge in [0, 0.05) is 29.9 Å². The second-order valence-corrected chi connectivity index (χ2v) is 8.00. The van der Waals surface area contributed by atoms with Crippen LogP contribution in [0.3, 0.4) is 0 Å². The van der Waals surface area contributed by atoms with Gasteiger partial charge in [-0.15, -0.1) is 11.3 Å². The molecular formula is C16H29N3S. The zero-order valence-corrected chi connectivity index (χ0v) is 14.4. The van der Waals surface area contributed by atoms with Crippen LogP contribution in [0.15, 0.2) is 0 Å². The highest BCUT2D eigenvalue weighted by molar-refractivity contribution is 7.15. The Bertz CT molecular complexity index is 429. The molecule has 1 aliphatic rings. The molecule has 20 heavy (non-hydrogen) atoms. The van der Waals surface area contributed by atoms with Crippen molar-refractivity contribution < 1.29 is 0 Å². The molecule has 1 aromatic heterocycles. The number of thiazole rings is 1. The molecule has 1 N–H and O–H groups in total. The van der Waals surface area contributed by atoms with Crippen LogP contribution in [0.2, 0.25) is 0 Å². The fraction of sp³-hybridized carbons (Fsp3) is 0.812. The van der Waals surface area contributed by atoms with Gasteiger partial charge in [0.2, 0.25) is 0 Å². The molecule has 0 radical (unpaired) electrons. The van der Waals surface area contributed by atoms with Gasteiger partial charge in [-0.1, -0.05) is 27.7 Å². The van der Waals surface area contributed by atoms with E-state index >= 15 is 0 Å². The SMILES string of the molecule is CCCN(CC1CC1)c1nc(C(C)(C)C)c(CNC)s1. The number of hydrogen-bond acceptors (Lipinski definition) is 4. The first-order valence-electron chi connectivity index (χ1n) is 7.85. The minimum absolute atomic E-state index is 0.123. The summed E-state index contributed by atoms with van der Waals surface area (Å²) in [5.41, 5.74) is 1.39. The maximum absolute atomic E-state index is 5.00. The zero-order valence-electron chi connectivity index (χ0n) is 13.6. The topological polar surface area (TPSA) is 28.2 Å². The van der Waals surface area contributed by atoms with Crippen molar-refractivity contribution in [2.45, 2.75) is 58.9 Å². The minimum Gasteiger partial charge on any atom is -0.348 e. The molecule has 2 rings (SSSR count). The third-order valence-electron chi connectivity index (χ3n) is 3.67. The number of hydrogen-bond donors (Lipinski definition) is 1. The lowest BCUT2D eigenvalue weighted by Crippen LogP contribution is -2.26. The molecule has 0 unspecified atom stereocenters. The molecule has 0 spiro atoms. The molecule has 1 aromatic rings. The summed E-state index contributed by atoms with van der Waals surface area (Å²) in [5, 5.41) is 4.52. The van der Waals surface area contributed by atoms with E-state index in [1.807, 2.05) is 18.4 Å². The van der Waals surface area contributed by atoms with Gasteiger partial charge in [0.1, 0.15) is 0 Å². The van der Waals surface area contributed by atoms with E-state index in [0.29, 0.717) is 0 Å². The maximum atomic E-state index is 5.00. The minimum atomic E-state index is 0.123. The van der Waals surface area contributed by atoms with Crippen molar-refractivity contribution in [1.82, 2.24) is 10.3 Å². The lowest BCUT2D eigenvalue weighted by molar-refractivity contribution is 0.562. The van der Waals surface area contributed by atoms with Crippen molar-refractivity contribution in [3.05, 3.63) is 10.6 Å². The zero-order chi connectivity index (χ0) is 14.8. The number of aromatic nitrogens is 1. The summed E-state index contributed by atoms with van der Waals surface area (Å²) in [4.78, 5) is 8.91. The summed E-state index contributed by atoms with van der Waals surface area (Å²) in [6.07, 6.45) is 4.00. The van der Waals surface area contributed by atoms with E-state index in [-0.39, 0.29) is 5.41 Å². The van der Waals surface area contributed by atoms with Crippen LogP contribution in [0.1, 0.15) is 57.5 Å². The molecule has 0 saturated heterocycles. The number of anilines is 1. The molecule has 3 nitrogen and oxygen atoms in total. The predicted molar refractivity (Wildman–Crippen MR) is 88.8 cm³/mol. The van der Waals surface area contributed by atoms with Crippen molar-refractivity contribution in [2.24, 2.45) is 5.92 Å². The Labute approximate surface area is 127 Å². The molecule has 0 aliphatic heterocycles. The summed E-state index contributed by atoms with van der Waals surface area (Å²) < 4.78 is 0. The smallest absolute Gasteiger partial charge is 0.185 e. The molecule has 0 aromatic carbocycles. The molecule has 114 valence electrons. The van der Waals surface area contributed by atoms with Crippen molar-refractivity contribution in [3.8, 4) is 0 Å². The molecule has 1 aliphatic carbocycles. The van der Waals surface area contributed by atoms with Crippen LogP contribution < -0.4 is 10.2 Å². The van der Waals surface area contributed by atoms with Gasteiger partial charge in [0.15, 0.2) is 5.13 Å². The molecule has 0 bridgehead atoms. The first-order chi connectivity index (χ1) is 9.45. The second kappa shape index (κ2) is 6.44. The van der Waals surface area contributed by atoms with Gasteiger partial charge in [-0.25, -0.2) is 4.98 Å². The normalized spacial score (nSPS) is 15.7. The van der Waals surface area contributed by atoms with E-state index < -0.39 is 0 Å². The van der Waals surface area contributed by atoms with Gasteiger partial charge in [-0.2, -0.15) is 0 Å². The van der Waals surface area contributed by atoms with Crippen molar-refractivity contribution in [2.75, 3.05) is 25.0 Å². The van der Waals surface area contributed by atoms with Gasteiger partial charge in [0.05, 0.1) is 5.69 Å². The van der Waals surface area contributed by atoms with Gasteiger partial charge >= 0.3 is 0 Å². The Morgan fingerprint density at radius 3 is 2.55 bits per heavy atom. The molecular weight excluding hydrogens is 266 g/mol. The van der Waals surface area contributed by atoms with Crippen LogP contribution in [0.25, 0.3) is 0 Å². The second-order valence-electron chi connectivity index (χ2n) is 6.94. The van der Waals surface area contributed by atoms with Crippen molar-refractivity contribution in [1.29, 1.82) is 0 Å². The Morgan fingerprint density at radius 1 is 1.35 bits per heavy atom. The fourth-order valence-corrected chi connectivity index (χ4v) is 3.81.